The Labute approximate surface area is 182 Å². The van der Waals surface area contributed by atoms with Crippen molar-refractivity contribution >= 4 is 11.6 Å². The van der Waals surface area contributed by atoms with Crippen LogP contribution in [0.3, 0.4) is 0 Å². The van der Waals surface area contributed by atoms with Crippen LogP contribution < -0.4 is 20.7 Å². The average molecular weight is 420 g/mol. The third kappa shape index (κ3) is 4.94. The van der Waals surface area contributed by atoms with Gasteiger partial charge in [0, 0.05) is 5.90 Å². The summed E-state index contributed by atoms with van der Waals surface area (Å²) in [6, 6.07) is 15.0. The molecule has 0 bridgehead atoms. The zero-order chi connectivity index (χ0) is 21.8. The molecule has 4 rings (SSSR count). The van der Waals surface area contributed by atoms with Crippen LogP contribution in [0.4, 0.5) is 5.69 Å². The van der Waals surface area contributed by atoms with Crippen LogP contribution in [0.15, 0.2) is 58.3 Å². The third-order valence-corrected chi connectivity index (χ3v) is 5.88. The van der Waals surface area contributed by atoms with Crippen molar-refractivity contribution < 1.29 is 9.79 Å². The van der Waals surface area contributed by atoms with Gasteiger partial charge in [-0.1, -0.05) is 45.3 Å². The van der Waals surface area contributed by atoms with E-state index in [0.29, 0.717) is 23.8 Å². The van der Waals surface area contributed by atoms with Crippen molar-refractivity contribution in [1.29, 1.82) is 0 Å². The van der Waals surface area contributed by atoms with E-state index >= 15 is 0 Å². The molecule has 1 saturated heterocycles. The Balaban J connectivity index is 1.70. The number of aromatic amines is 1. The Morgan fingerprint density at radius 2 is 1.68 bits per heavy atom. The first-order valence-electron chi connectivity index (χ1n) is 10.9. The average Bonchev–Trinajstić information content (AvgIpc) is 3.11. The van der Waals surface area contributed by atoms with E-state index in [0.717, 1.165) is 43.5 Å². The van der Waals surface area contributed by atoms with Crippen LogP contribution in [0.1, 0.15) is 36.1 Å². The van der Waals surface area contributed by atoms with Crippen molar-refractivity contribution in [3.8, 4) is 5.69 Å². The maximum absolute atomic E-state index is 13.2. The second-order valence-electron chi connectivity index (χ2n) is 8.31. The van der Waals surface area contributed by atoms with Crippen LogP contribution in [0.2, 0.25) is 0 Å². The van der Waals surface area contributed by atoms with Crippen molar-refractivity contribution in [2.24, 2.45) is 10.9 Å². The third-order valence-electron chi connectivity index (χ3n) is 5.88. The number of aromatic nitrogens is 3. The fourth-order valence-corrected chi connectivity index (χ4v) is 3.95. The number of rotatable bonds is 6. The van der Waals surface area contributed by atoms with Gasteiger partial charge in [-0.25, -0.2) is 4.79 Å². The van der Waals surface area contributed by atoms with E-state index in [2.05, 4.69) is 15.5 Å². The molecule has 1 aromatic heterocycles. The van der Waals surface area contributed by atoms with Gasteiger partial charge >= 0.3 is 5.56 Å². The second kappa shape index (κ2) is 9.31. The van der Waals surface area contributed by atoms with Crippen LogP contribution in [-0.4, -0.2) is 28.9 Å². The highest BCUT2D eigenvalue weighted by molar-refractivity contribution is 5.88. The van der Waals surface area contributed by atoms with Gasteiger partial charge in [-0.2, -0.15) is 4.68 Å². The number of benzene rings is 2. The van der Waals surface area contributed by atoms with Crippen molar-refractivity contribution in [2.75, 3.05) is 13.1 Å². The van der Waals surface area contributed by atoms with Crippen LogP contribution in [-0.2, 0) is 6.54 Å². The van der Waals surface area contributed by atoms with Crippen LogP contribution in [0, 0.1) is 19.8 Å². The molecular formula is C24H29N5O2. The van der Waals surface area contributed by atoms with Gasteiger partial charge in [-0.15, -0.1) is 0 Å². The van der Waals surface area contributed by atoms with Crippen molar-refractivity contribution in [3.05, 3.63) is 75.7 Å². The van der Waals surface area contributed by atoms with E-state index in [4.69, 9.17) is 0 Å². The summed E-state index contributed by atoms with van der Waals surface area (Å²) < 4.78 is 3.10. The smallest absolute Gasteiger partial charge is 0.406 e. The van der Waals surface area contributed by atoms with E-state index in [1.807, 2.05) is 50.2 Å². The summed E-state index contributed by atoms with van der Waals surface area (Å²) in [4.78, 5) is 17.4. The van der Waals surface area contributed by atoms with Gasteiger partial charge in [-0.05, 0) is 76.4 Å². The molecule has 7 nitrogen and oxygen atoms in total. The summed E-state index contributed by atoms with van der Waals surface area (Å²) in [6.45, 7) is 6.58. The lowest BCUT2D eigenvalue weighted by molar-refractivity contribution is -0.758. The van der Waals surface area contributed by atoms with E-state index in [1.54, 1.807) is 16.8 Å². The fourth-order valence-electron chi connectivity index (χ4n) is 3.95. The molecule has 0 unspecified atom stereocenters. The van der Waals surface area contributed by atoms with Gasteiger partial charge in [0.05, 0.1) is 5.69 Å². The first kappa shape index (κ1) is 21.1. The summed E-state index contributed by atoms with van der Waals surface area (Å²) in [6.07, 6.45) is 3.13. The molecule has 3 aromatic rings. The van der Waals surface area contributed by atoms with Crippen molar-refractivity contribution in [1.82, 2.24) is 15.2 Å². The van der Waals surface area contributed by atoms with Gasteiger partial charge in [0.1, 0.15) is 6.54 Å². The Hall–Kier alpha value is -3.19. The van der Waals surface area contributed by atoms with Crippen LogP contribution in [0.5, 0.6) is 0 Å². The number of aliphatic imine (C=N–C) groups is 1. The number of nitrogens with zero attached hydrogens (tertiary/aromatic N) is 3. The molecule has 2 aromatic carbocycles. The van der Waals surface area contributed by atoms with E-state index in [-0.39, 0.29) is 11.3 Å². The van der Waals surface area contributed by atoms with Gasteiger partial charge in [0.2, 0.25) is 5.69 Å². The molecule has 2 N–H and O–H groups in total. The predicted molar refractivity (Wildman–Crippen MR) is 119 cm³/mol. The second-order valence-corrected chi connectivity index (χ2v) is 8.31. The van der Waals surface area contributed by atoms with Gasteiger partial charge in [0.15, 0.2) is 5.69 Å². The molecule has 0 atom stereocenters. The maximum Gasteiger partial charge on any atom is 0.406 e. The minimum atomic E-state index is -0.527. The molecule has 0 radical (unpaired) electrons. The normalized spacial score (nSPS) is 15.4. The minimum Gasteiger partial charge on any atom is -0.855 e. The van der Waals surface area contributed by atoms with Crippen LogP contribution in [0.25, 0.3) is 5.69 Å². The molecule has 0 amide bonds. The first-order valence-corrected chi connectivity index (χ1v) is 10.9. The molecule has 31 heavy (non-hydrogen) atoms. The van der Waals surface area contributed by atoms with E-state index in [9.17, 15) is 9.90 Å². The zero-order valence-electron chi connectivity index (χ0n) is 18.1. The summed E-state index contributed by atoms with van der Waals surface area (Å²) in [7, 11) is 0. The quantitative estimate of drug-likeness (QED) is 0.363. The summed E-state index contributed by atoms with van der Waals surface area (Å²) in [5.74, 6) is 0.0539. The maximum atomic E-state index is 13.2. The van der Waals surface area contributed by atoms with Gasteiger partial charge < -0.3 is 10.4 Å². The molecule has 1 fully saturated rings. The Bertz CT molecular complexity index is 1100. The lowest BCUT2D eigenvalue weighted by Gasteiger charge is -2.21. The van der Waals surface area contributed by atoms with E-state index in [1.165, 1.54) is 4.68 Å². The molecule has 162 valence electrons. The molecule has 1 aliphatic heterocycles. The lowest BCUT2D eigenvalue weighted by atomic mass is 9.95. The monoisotopic (exact) mass is 419 g/mol. The van der Waals surface area contributed by atoms with Crippen molar-refractivity contribution in [2.45, 2.75) is 39.7 Å². The SMILES string of the molecule is Cc1ccc(N=C([O-])c2c(=O)n(-c3ccc(C)cc3)[nH][n+]2CCC2CCNCC2)cc1. The topological polar surface area (TPSA) is 89.1 Å². The number of nitrogens with one attached hydrogen (secondary N) is 2. The fraction of sp³-hybridized carbons (Fsp3) is 0.375. The minimum absolute atomic E-state index is 0.0649. The molecule has 1 aliphatic rings. The molecule has 0 aliphatic carbocycles. The summed E-state index contributed by atoms with van der Waals surface area (Å²) in [5, 5.41) is 19.6. The Morgan fingerprint density at radius 1 is 1.06 bits per heavy atom. The van der Waals surface area contributed by atoms with Crippen molar-refractivity contribution in [3.63, 3.8) is 0 Å². The standard InChI is InChI=1S/C24H29N5O2/c1-17-3-7-20(8-4-17)26-23(30)22-24(31)29(21-9-5-18(2)6-10-21)27-28(22)16-13-19-11-14-25-15-12-19/h3-10,19,25H,11-16H2,1-2H3,(H-,26,27,30,31). The molecule has 0 saturated carbocycles. The Kier molecular flexibility index (Phi) is 6.32. The van der Waals surface area contributed by atoms with Crippen LogP contribution >= 0.6 is 0 Å². The number of piperidine rings is 1. The van der Waals surface area contributed by atoms with E-state index < -0.39 is 5.90 Å². The van der Waals surface area contributed by atoms with Gasteiger partial charge in [-0.3, -0.25) is 4.99 Å². The lowest BCUT2D eigenvalue weighted by Crippen LogP contribution is -2.47. The zero-order valence-corrected chi connectivity index (χ0v) is 18.1. The largest absolute Gasteiger partial charge is 0.855 e. The number of H-pyrrole nitrogens is 1. The molecule has 0 spiro atoms. The number of hydrogen-bond donors (Lipinski definition) is 2. The number of aryl methyl sites for hydroxylation is 3. The number of hydrogen-bond acceptors (Lipinski definition) is 4. The predicted octanol–water partition coefficient (Wildman–Crippen LogP) is 1.90. The summed E-state index contributed by atoms with van der Waals surface area (Å²) >= 11 is 0. The highest BCUT2D eigenvalue weighted by atomic mass is 16.3. The molecule has 7 heteroatoms. The first-order chi connectivity index (χ1) is 15.0. The van der Waals surface area contributed by atoms with Gasteiger partial charge in [0.25, 0.3) is 0 Å². The molecule has 2 heterocycles. The highest BCUT2D eigenvalue weighted by Gasteiger charge is 2.24. The summed E-state index contributed by atoms with van der Waals surface area (Å²) in [5.41, 5.74) is 3.12. The molecular weight excluding hydrogens is 390 g/mol. The highest BCUT2D eigenvalue weighted by Crippen LogP contribution is 2.16. The Morgan fingerprint density at radius 3 is 2.32 bits per heavy atom.